The van der Waals surface area contributed by atoms with Crippen LogP contribution in [0.1, 0.15) is 0 Å². The molecular formula is C14H14ClN3. The van der Waals surface area contributed by atoms with Crippen LogP contribution in [0.4, 0.5) is 11.4 Å². The molecule has 0 fully saturated rings. The normalized spacial score (nSPS) is 9.83. The van der Waals surface area contributed by atoms with E-state index in [1.165, 1.54) is 0 Å². The lowest BCUT2D eigenvalue weighted by Gasteiger charge is -1.88. The zero-order valence-electron chi connectivity index (χ0n) is 9.73. The van der Waals surface area contributed by atoms with Gasteiger partial charge in [0.2, 0.25) is 0 Å². The number of nitrogen functional groups attached to an aromatic ring is 2. The Balaban J connectivity index is 0.000000138. The molecule has 3 rings (SSSR count). The highest BCUT2D eigenvalue weighted by molar-refractivity contribution is 6.30. The van der Waals surface area contributed by atoms with E-state index in [2.05, 4.69) is 4.98 Å². The van der Waals surface area contributed by atoms with Crippen molar-refractivity contribution in [3.63, 3.8) is 0 Å². The SMILES string of the molecule is Nc1c[nH]c2ccccc12.Nc1ccc(Cl)cc1. The first-order valence-corrected chi connectivity index (χ1v) is 5.87. The van der Waals surface area contributed by atoms with Crippen LogP contribution >= 0.6 is 11.6 Å². The van der Waals surface area contributed by atoms with Crippen LogP contribution in [-0.4, -0.2) is 4.98 Å². The third-order valence-corrected chi connectivity index (χ3v) is 2.74. The number of hydrogen-bond acceptors (Lipinski definition) is 2. The van der Waals surface area contributed by atoms with E-state index in [0.29, 0.717) is 0 Å². The molecule has 0 aliphatic rings. The molecule has 0 bridgehead atoms. The Morgan fingerprint density at radius 3 is 2.17 bits per heavy atom. The van der Waals surface area contributed by atoms with Gasteiger partial charge in [-0.1, -0.05) is 29.8 Å². The first-order chi connectivity index (χ1) is 8.66. The zero-order chi connectivity index (χ0) is 13.0. The third kappa shape index (κ3) is 2.96. The lowest BCUT2D eigenvalue weighted by atomic mass is 10.2. The molecule has 0 aliphatic heterocycles. The lowest BCUT2D eigenvalue weighted by Crippen LogP contribution is -1.80. The summed E-state index contributed by atoms with van der Waals surface area (Å²) in [5, 5.41) is 1.82. The van der Waals surface area contributed by atoms with Crippen molar-refractivity contribution in [3.8, 4) is 0 Å². The molecule has 5 N–H and O–H groups in total. The van der Waals surface area contributed by atoms with Gasteiger partial charge in [-0.05, 0) is 30.3 Å². The predicted molar refractivity (Wildman–Crippen MR) is 78.6 cm³/mol. The maximum atomic E-state index is 5.64. The average Bonchev–Trinajstić information content (AvgIpc) is 2.76. The quantitative estimate of drug-likeness (QED) is 0.539. The second-order valence-electron chi connectivity index (χ2n) is 3.84. The third-order valence-electron chi connectivity index (χ3n) is 2.49. The van der Waals surface area contributed by atoms with Crippen LogP contribution in [0.25, 0.3) is 10.9 Å². The first kappa shape index (κ1) is 12.3. The van der Waals surface area contributed by atoms with Gasteiger partial charge in [0.25, 0.3) is 0 Å². The summed E-state index contributed by atoms with van der Waals surface area (Å²) >= 11 is 5.56. The van der Waals surface area contributed by atoms with Crippen molar-refractivity contribution < 1.29 is 0 Å². The molecule has 1 heterocycles. The van der Waals surface area contributed by atoms with Crippen LogP contribution in [-0.2, 0) is 0 Å². The standard InChI is InChI=1S/C8H8N2.C6H6ClN/c9-7-5-10-8-4-2-1-3-6(7)8;7-5-1-3-6(8)4-2-5/h1-5,10H,9H2;1-4H,8H2. The van der Waals surface area contributed by atoms with Gasteiger partial charge in [-0.15, -0.1) is 0 Å². The Hall–Kier alpha value is -2.13. The molecule has 3 aromatic rings. The van der Waals surface area contributed by atoms with E-state index >= 15 is 0 Å². The van der Waals surface area contributed by atoms with Crippen LogP contribution in [0.5, 0.6) is 0 Å². The summed E-state index contributed by atoms with van der Waals surface area (Å²) < 4.78 is 0. The maximum absolute atomic E-state index is 5.64. The van der Waals surface area contributed by atoms with Gasteiger partial charge in [0.05, 0.1) is 5.69 Å². The summed E-state index contributed by atoms with van der Waals surface area (Å²) in [4.78, 5) is 3.06. The number of rotatable bonds is 0. The zero-order valence-corrected chi connectivity index (χ0v) is 10.5. The minimum absolute atomic E-state index is 0.721. The highest BCUT2D eigenvalue weighted by atomic mass is 35.5. The van der Waals surface area contributed by atoms with E-state index in [0.717, 1.165) is 27.3 Å². The molecule has 1 aromatic heterocycles. The van der Waals surface area contributed by atoms with Gasteiger partial charge >= 0.3 is 0 Å². The van der Waals surface area contributed by atoms with Gasteiger partial charge in [0.1, 0.15) is 0 Å². The number of anilines is 2. The molecule has 2 aromatic carbocycles. The van der Waals surface area contributed by atoms with Crippen LogP contribution in [0.3, 0.4) is 0 Å². The molecule has 0 saturated carbocycles. The first-order valence-electron chi connectivity index (χ1n) is 5.49. The van der Waals surface area contributed by atoms with Gasteiger partial charge in [-0.25, -0.2) is 0 Å². The van der Waals surface area contributed by atoms with E-state index in [9.17, 15) is 0 Å². The molecule has 0 amide bonds. The Morgan fingerprint density at radius 2 is 1.56 bits per heavy atom. The topological polar surface area (TPSA) is 67.8 Å². The summed E-state index contributed by atoms with van der Waals surface area (Å²) in [7, 11) is 0. The largest absolute Gasteiger partial charge is 0.399 e. The summed E-state index contributed by atoms with van der Waals surface area (Å²) in [5.41, 5.74) is 13.7. The molecular weight excluding hydrogens is 246 g/mol. The van der Waals surface area contributed by atoms with Crippen molar-refractivity contribution in [1.29, 1.82) is 0 Å². The van der Waals surface area contributed by atoms with Gasteiger partial charge in [0, 0.05) is 27.8 Å². The van der Waals surface area contributed by atoms with Gasteiger partial charge in [-0.3, -0.25) is 0 Å². The van der Waals surface area contributed by atoms with Crippen LogP contribution in [0.15, 0.2) is 54.7 Å². The molecule has 92 valence electrons. The monoisotopic (exact) mass is 259 g/mol. The molecule has 3 nitrogen and oxygen atoms in total. The van der Waals surface area contributed by atoms with Crippen LogP contribution < -0.4 is 11.5 Å². The highest BCUT2D eigenvalue weighted by Gasteiger charge is 1.95. The Morgan fingerprint density at radius 1 is 0.889 bits per heavy atom. The molecule has 0 atom stereocenters. The number of nitrogens with one attached hydrogen (secondary N) is 1. The number of aromatic nitrogens is 1. The number of nitrogens with two attached hydrogens (primary N) is 2. The fraction of sp³-hybridized carbons (Fsp3) is 0. The van der Waals surface area contributed by atoms with Gasteiger partial charge < -0.3 is 16.5 Å². The summed E-state index contributed by atoms with van der Waals surface area (Å²) in [5.74, 6) is 0. The molecule has 4 heteroatoms. The summed E-state index contributed by atoms with van der Waals surface area (Å²) in [6.07, 6.45) is 1.81. The van der Waals surface area contributed by atoms with Crippen LogP contribution in [0.2, 0.25) is 5.02 Å². The van der Waals surface area contributed by atoms with E-state index in [1.54, 1.807) is 24.3 Å². The van der Waals surface area contributed by atoms with Crippen LogP contribution in [0, 0.1) is 0 Å². The number of para-hydroxylation sites is 1. The van der Waals surface area contributed by atoms with E-state index in [1.807, 2.05) is 30.5 Å². The molecule has 0 saturated heterocycles. The van der Waals surface area contributed by atoms with E-state index in [-0.39, 0.29) is 0 Å². The number of halogens is 1. The van der Waals surface area contributed by atoms with Crippen molar-refractivity contribution in [1.82, 2.24) is 4.98 Å². The Bertz CT molecular complexity index is 608. The van der Waals surface area contributed by atoms with Crippen molar-refractivity contribution in [2.75, 3.05) is 11.5 Å². The van der Waals surface area contributed by atoms with E-state index in [4.69, 9.17) is 23.1 Å². The second-order valence-corrected chi connectivity index (χ2v) is 4.28. The number of aromatic amines is 1. The second kappa shape index (κ2) is 5.47. The molecule has 0 spiro atoms. The maximum Gasteiger partial charge on any atom is 0.0571 e. The highest BCUT2D eigenvalue weighted by Crippen LogP contribution is 2.18. The van der Waals surface area contributed by atoms with Crippen molar-refractivity contribution in [3.05, 3.63) is 59.8 Å². The van der Waals surface area contributed by atoms with Crippen molar-refractivity contribution >= 4 is 33.9 Å². The number of hydrogen-bond donors (Lipinski definition) is 3. The van der Waals surface area contributed by atoms with Gasteiger partial charge in [0.15, 0.2) is 0 Å². The van der Waals surface area contributed by atoms with Crippen molar-refractivity contribution in [2.45, 2.75) is 0 Å². The number of benzene rings is 2. The Labute approximate surface area is 110 Å². The summed E-state index contributed by atoms with van der Waals surface area (Å²) in [6.45, 7) is 0. The average molecular weight is 260 g/mol. The van der Waals surface area contributed by atoms with Crippen molar-refractivity contribution in [2.24, 2.45) is 0 Å². The Kier molecular flexibility index (Phi) is 3.75. The predicted octanol–water partition coefficient (Wildman–Crippen LogP) is 3.67. The minimum atomic E-state index is 0.721. The number of fused-ring (bicyclic) bond motifs is 1. The summed E-state index contributed by atoms with van der Waals surface area (Å²) in [6, 6.07) is 15.0. The van der Waals surface area contributed by atoms with E-state index < -0.39 is 0 Å². The lowest BCUT2D eigenvalue weighted by molar-refractivity contribution is 1.48. The fourth-order valence-corrected chi connectivity index (χ4v) is 1.68. The smallest absolute Gasteiger partial charge is 0.0571 e. The molecule has 0 unspecified atom stereocenters. The minimum Gasteiger partial charge on any atom is -0.399 e. The molecule has 18 heavy (non-hydrogen) atoms. The number of H-pyrrole nitrogens is 1. The molecule has 0 radical (unpaired) electrons. The van der Waals surface area contributed by atoms with Gasteiger partial charge in [-0.2, -0.15) is 0 Å². The molecule has 0 aliphatic carbocycles. The fourth-order valence-electron chi connectivity index (χ4n) is 1.56.